The van der Waals surface area contributed by atoms with Gasteiger partial charge in [-0.3, -0.25) is 13.9 Å². The number of nitrogens with zero attached hydrogens (tertiary/aromatic N) is 3. The normalized spacial score (nSPS) is 19.4. The molecule has 6 atom stereocenters. The summed E-state index contributed by atoms with van der Waals surface area (Å²) in [6.07, 6.45) is -6.46. The largest absolute Gasteiger partial charge is 0.509 e. The second kappa shape index (κ2) is 20.4. The lowest BCUT2D eigenvalue weighted by Crippen LogP contribution is -2.45. The Labute approximate surface area is 372 Å². The van der Waals surface area contributed by atoms with E-state index in [0.717, 1.165) is 28.6 Å². The first-order chi connectivity index (χ1) is 28.6. The summed E-state index contributed by atoms with van der Waals surface area (Å²) in [6.45, 7) is 14.6. The minimum atomic E-state index is -4.65. The quantitative estimate of drug-likeness (QED) is 0.0964. The molecule has 0 aliphatic carbocycles. The van der Waals surface area contributed by atoms with Crippen molar-refractivity contribution in [3.8, 4) is 5.75 Å². The molecule has 62 heavy (non-hydrogen) atoms. The van der Waals surface area contributed by atoms with Gasteiger partial charge in [0.25, 0.3) is 0 Å². The van der Waals surface area contributed by atoms with Crippen LogP contribution in [0.15, 0.2) is 65.6 Å². The van der Waals surface area contributed by atoms with E-state index in [1.165, 1.54) is 25.1 Å². The highest BCUT2D eigenvalue weighted by Gasteiger charge is 2.50. The van der Waals surface area contributed by atoms with Crippen LogP contribution in [-0.4, -0.2) is 80.8 Å². The highest BCUT2D eigenvalue weighted by atomic mass is 35.5. The summed E-state index contributed by atoms with van der Waals surface area (Å²) >= 11 is 13.0. The van der Waals surface area contributed by atoms with Gasteiger partial charge in [0, 0.05) is 12.3 Å². The molecule has 1 aliphatic rings. The maximum Gasteiger partial charge on any atom is 0.509 e. The Morgan fingerprint density at radius 3 is 2.05 bits per heavy atom. The van der Waals surface area contributed by atoms with Gasteiger partial charge in [-0.25, -0.2) is 28.1 Å². The molecule has 1 unspecified atom stereocenters. The molecule has 22 heteroatoms. The number of nitrogens with one attached hydrogen (secondary N) is 1. The Hall–Kier alpha value is -4.39. The van der Waals surface area contributed by atoms with Crippen LogP contribution in [0, 0.1) is 0 Å². The van der Waals surface area contributed by atoms with Gasteiger partial charge in [0.05, 0.1) is 21.9 Å². The molecular formula is C40H50Cl2FN4O13PS. The van der Waals surface area contributed by atoms with Crippen molar-refractivity contribution in [2.45, 2.75) is 122 Å². The second-order valence-electron chi connectivity index (χ2n) is 16.7. The van der Waals surface area contributed by atoms with Crippen LogP contribution in [0.5, 0.6) is 5.75 Å². The number of ether oxygens (including phenoxy) is 5. The lowest BCUT2D eigenvalue weighted by Gasteiger charge is -2.28. The third-order valence-electron chi connectivity index (χ3n) is 7.81. The molecule has 340 valence electrons. The molecule has 4 rings (SSSR count). The highest BCUT2D eigenvalue weighted by Crippen LogP contribution is 2.50. The number of anilines is 1. The Morgan fingerprint density at radius 1 is 0.903 bits per heavy atom. The minimum Gasteiger partial charge on any atom is -0.460 e. The van der Waals surface area contributed by atoms with Gasteiger partial charge in [-0.1, -0.05) is 53.5 Å². The van der Waals surface area contributed by atoms with Gasteiger partial charge in [-0.15, -0.1) is 11.8 Å². The Balaban J connectivity index is 1.66. The number of alkyl halides is 1. The number of carbonyl (C=O) groups excluding carboxylic acids is 4. The standard InChI is InChI=1S/C40H50Cl2FN4O13PS/c1-23(33(48)54-21-24-14-12-11-13-15-24)45-61(53,60-25-16-17-26(41)27(42)20-25)55-22-28-31(56-37(52)59-40(8,9)10)30(43)32(62-28)46-19-18-29(44-34(46)49)47(35(50)57-38(2,3)4)36(51)58-39(5,6)7/h11-20,23,28,30-32H,21-22H2,1-10H3,(H,45,53)/t23-,28+,30-,31+,32+,61?/m0/s1. The number of rotatable bonds is 13. The first-order valence-electron chi connectivity index (χ1n) is 19.1. The van der Waals surface area contributed by atoms with Gasteiger partial charge in [-0.05, 0) is 93.0 Å². The van der Waals surface area contributed by atoms with E-state index in [4.69, 9.17) is 55.9 Å². The zero-order valence-electron chi connectivity index (χ0n) is 35.7. The van der Waals surface area contributed by atoms with Crippen molar-refractivity contribution in [1.29, 1.82) is 0 Å². The van der Waals surface area contributed by atoms with Crippen LogP contribution in [0.2, 0.25) is 10.0 Å². The van der Waals surface area contributed by atoms with Gasteiger partial charge >= 0.3 is 37.7 Å². The van der Waals surface area contributed by atoms with Crippen LogP contribution in [0.1, 0.15) is 80.2 Å². The maximum absolute atomic E-state index is 16.7. The van der Waals surface area contributed by atoms with Crippen molar-refractivity contribution < 1.29 is 60.9 Å². The fraction of sp³-hybridized carbons (Fsp3) is 0.500. The maximum atomic E-state index is 16.7. The minimum absolute atomic E-state index is 0.0386. The number of esters is 1. The topological polar surface area (TPSA) is 200 Å². The monoisotopic (exact) mass is 946 g/mol. The smallest absolute Gasteiger partial charge is 0.460 e. The van der Waals surface area contributed by atoms with E-state index < -0.39 is 95.9 Å². The molecular weight excluding hydrogens is 897 g/mol. The number of aromatic nitrogens is 2. The summed E-state index contributed by atoms with van der Waals surface area (Å²) in [5, 5.41) is 0.00139. The molecule has 2 heterocycles. The van der Waals surface area contributed by atoms with Gasteiger partial charge in [0.2, 0.25) is 0 Å². The number of halogens is 3. The molecule has 1 aromatic heterocycles. The predicted molar refractivity (Wildman–Crippen MR) is 229 cm³/mol. The van der Waals surface area contributed by atoms with Gasteiger partial charge < -0.3 is 28.2 Å². The van der Waals surface area contributed by atoms with E-state index >= 15 is 4.39 Å². The summed E-state index contributed by atoms with van der Waals surface area (Å²) in [6, 6.07) is 12.6. The molecule has 1 saturated heterocycles. The van der Waals surface area contributed by atoms with E-state index in [-0.39, 0.29) is 22.4 Å². The number of benzene rings is 2. The highest BCUT2D eigenvalue weighted by molar-refractivity contribution is 8.00. The average molecular weight is 948 g/mol. The van der Waals surface area contributed by atoms with E-state index in [9.17, 15) is 28.5 Å². The fourth-order valence-corrected chi connectivity index (χ4v) is 8.61. The van der Waals surface area contributed by atoms with Crippen molar-refractivity contribution in [2.24, 2.45) is 0 Å². The lowest BCUT2D eigenvalue weighted by molar-refractivity contribution is -0.146. The molecule has 1 fully saturated rings. The number of hydrogen-bond donors (Lipinski definition) is 1. The van der Waals surface area contributed by atoms with Crippen LogP contribution < -0.4 is 20.2 Å². The molecule has 1 N–H and O–H groups in total. The number of imide groups is 1. The SMILES string of the molecule is C[C@H](NP(=O)(OC[C@H]1S[C@@H](n2ccc(N(C(=O)OC(C)(C)C)C(=O)OC(C)(C)C)nc2=O)[C@@H](F)[C@@H]1OC(=O)OC(C)(C)C)Oc1ccc(Cl)c(Cl)c1)C(=O)OCc1ccccc1. The third-order valence-corrected chi connectivity index (χ3v) is 11.7. The summed E-state index contributed by atoms with van der Waals surface area (Å²) in [4.78, 5) is 70.4. The molecule has 17 nitrogen and oxygen atoms in total. The fourth-order valence-electron chi connectivity index (χ4n) is 5.25. The molecule has 3 aromatic rings. The van der Waals surface area contributed by atoms with Crippen LogP contribution in [0.3, 0.4) is 0 Å². The van der Waals surface area contributed by atoms with Crippen molar-refractivity contribution in [1.82, 2.24) is 14.6 Å². The van der Waals surface area contributed by atoms with Crippen molar-refractivity contribution in [3.63, 3.8) is 0 Å². The molecule has 1 aliphatic heterocycles. The van der Waals surface area contributed by atoms with E-state index in [2.05, 4.69) is 10.1 Å². The van der Waals surface area contributed by atoms with Crippen molar-refractivity contribution in [2.75, 3.05) is 11.5 Å². The Bertz CT molecular complexity index is 2170. The average Bonchev–Trinajstić information content (AvgIpc) is 3.43. The number of amides is 2. The molecule has 0 saturated carbocycles. The summed E-state index contributed by atoms with van der Waals surface area (Å²) < 4.78 is 70.5. The van der Waals surface area contributed by atoms with Crippen LogP contribution in [0.4, 0.5) is 24.6 Å². The lowest BCUT2D eigenvalue weighted by atomic mass is 10.1. The second-order valence-corrected chi connectivity index (χ2v) is 20.6. The molecule has 2 aromatic carbocycles. The van der Waals surface area contributed by atoms with Gasteiger partial charge in [-0.2, -0.15) is 15.0 Å². The van der Waals surface area contributed by atoms with Crippen LogP contribution in [-0.2, 0) is 44.2 Å². The summed E-state index contributed by atoms with van der Waals surface area (Å²) in [5.74, 6) is -1.41. The van der Waals surface area contributed by atoms with Crippen LogP contribution >= 0.6 is 42.7 Å². The van der Waals surface area contributed by atoms with E-state index in [0.29, 0.717) is 10.5 Å². The van der Waals surface area contributed by atoms with Gasteiger partial charge in [0.15, 0.2) is 18.1 Å². The van der Waals surface area contributed by atoms with E-state index in [1.807, 2.05) is 0 Å². The number of carbonyl (C=O) groups is 4. The van der Waals surface area contributed by atoms with Crippen LogP contribution in [0.25, 0.3) is 0 Å². The van der Waals surface area contributed by atoms with Crippen molar-refractivity contribution >= 4 is 72.8 Å². The molecule has 0 radical (unpaired) electrons. The molecule has 2 amide bonds. The Morgan fingerprint density at radius 2 is 1.50 bits per heavy atom. The first-order valence-corrected chi connectivity index (χ1v) is 22.3. The summed E-state index contributed by atoms with van der Waals surface area (Å²) in [5.41, 5.74) is -3.62. The third kappa shape index (κ3) is 14.9. The van der Waals surface area contributed by atoms with Crippen molar-refractivity contribution in [3.05, 3.63) is 86.9 Å². The Kier molecular flexibility index (Phi) is 16.5. The summed E-state index contributed by atoms with van der Waals surface area (Å²) in [7, 11) is -4.65. The first kappa shape index (κ1) is 50.3. The molecule has 0 spiro atoms. The predicted octanol–water partition coefficient (Wildman–Crippen LogP) is 9.42. The van der Waals surface area contributed by atoms with E-state index in [1.54, 1.807) is 92.6 Å². The molecule has 0 bridgehead atoms. The number of hydrogen-bond acceptors (Lipinski definition) is 15. The zero-order valence-corrected chi connectivity index (χ0v) is 38.9. The number of thioether (sulfide) groups is 1. The van der Waals surface area contributed by atoms with Gasteiger partial charge in [0.1, 0.15) is 40.6 Å². The zero-order chi connectivity index (χ0) is 46.4.